The second-order valence-corrected chi connectivity index (χ2v) is 4.36. The SMILES string of the molecule is CC1=C/C(=C\C(=O)O)C(C(C)C)CC1. The second-order valence-electron chi connectivity index (χ2n) is 4.36. The van der Waals surface area contributed by atoms with E-state index in [1.165, 1.54) is 11.6 Å². The van der Waals surface area contributed by atoms with Crippen LogP contribution in [0.1, 0.15) is 33.6 Å². The predicted octanol–water partition coefficient (Wildman–Crippen LogP) is 3.01. The van der Waals surface area contributed by atoms with Crippen molar-refractivity contribution < 1.29 is 9.90 Å². The van der Waals surface area contributed by atoms with Crippen molar-refractivity contribution in [1.29, 1.82) is 0 Å². The molecule has 1 atom stereocenters. The van der Waals surface area contributed by atoms with Crippen LogP contribution < -0.4 is 0 Å². The number of hydrogen-bond donors (Lipinski definition) is 1. The maximum atomic E-state index is 10.6. The molecular weight excluding hydrogens is 176 g/mol. The monoisotopic (exact) mass is 194 g/mol. The van der Waals surface area contributed by atoms with E-state index in [0.717, 1.165) is 18.4 Å². The molecule has 1 N–H and O–H groups in total. The van der Waals surface area contributed by atoms with Crippen molar-refractivity contribution in [2.45, 2.75) is 33.6 Å². The summed E-state index contributed by atoms with van der Waals surface area (Å²) in [6.07, 6.45) is 5.56. The minimum atomic E-state index is -0.836. The molecule has 0 saturated carbocycles. The largest absolute Gasteiger partial charge is 0.478 e. The molecule has 0 bridgehead atoms. The first-order valence-electron chi connectivity index (χ1n) is 5.12. The van der Waals surface area contributed by atoms with Crippen molar-refractivity contribution in [3.05, 3.63) is 23.3 Å². The normalized spacial score (nSPS) is 25.3. The Morgan fingerprint density at radius 2 is 2.29 bits per heavy atom. The Labute approximate surface area is 85.3 Å². The third-order valence-corrected chi connectivity index (χ3v) is 2.79. The van der Waals surface area contributed by atoms with E-state index >= 15 is 0 Å². The van der Waals surface area contributed by atoms with Crippen LogP contribution in [-0.4, -0.2) is 11.1 Å². The number of carbonyl (C=O) groups is 1. The molecule has 0 aromatic heterocycles. The molecule has 0 heterocycles. The van der Waals surface area contributed by atoms with Gasteiger partial charge >= 0.3 is 5.97 Å². The Balaban J connectivity index is 2.94. The van der Waals surface area contributed by atoms with Crippen LogP contribution >= 0.6 is 0 Å². The van der Waals surface area contributed by atoms with E-state index in [4.69, 9.17) is 5.11 Å². The van der Waals surface area contributed by atoms with E-state index in [1.54, 1.807) is 0 Å². The summed E-state index contributed by atoms with van der Waals surface area (Å²) >= 11 is 0. The molecule has 0 saturated heterocycles. The van der Waals surface area contributed by atoms with Gasteiger partial charge in [-0.05, 0) is 37.2 Å². The summed E-state index contributed by atoms with van der Waals surface area (Å²) < 4.78 is 0. The zero-order valence-corrected chi connectivity index (χ0v) is 9.08. The first kappa shape index (κ1) is 11.0. The molecule has 0 aliphatic heterocycles. The van der Waals surface area contributed by atoms with Crippen LogP contribution in [-0.2, 0) is 4.79 Å². The minimum absolute atomic E-state index is 0.412. The van der Waals surface area contributed by atoms with Gasteiger partial charge in [0.25, 0.3) is 0 Å². The Kier molecular flexibility index (Phi) is 3.50. The Morgan fingerprint density at radius 1 is 1.64 bits per heavy atom. The standard InChI is InChI=1S/C12H18O2/c1-8(2)11-5-4-9(3)6-10(11)7-12(13)14/h6-8,11H,4-5H2,1-3H3,(H,13,14)/b10-7+. The van der Waals surface area contributed by atoms with Crippen LogP contribution in [0.5, 0.6) is 0 Å². The Bertz CT molecular complexity index is 285. The number of aliphatic carboxylic acids is 1. The lowest BCUT2D eigenvalue weighted by atomic mass is 9.79. The number of carboxylic acid groups (broad SMARTS) is 1. The first-order valence-corrected chi connectivity index (χ1v) is 5.12. The average Bonchev–Trinajstić information content (AvgIpc) is 2.01. The summed E-state index contributed by atoms with van der Waals surface area (Å²) in [5.41, 5.74) is 2.27. The molecule has 1 rings (SSSR count). The van der Waals surface area contributed by atoms with Crippen LogP contribution in [0.3, 0.4) is 0 Å². The zero-order valence-electron chi connectivity index (χ0n) is 9.08. The van der Waals surface area contributed by atoms with Crippen molar-refractivity contribution in [3.63, 3.8) is 0 Å². The highest BCUT2D eigenvalue weighted by atomic mass is 16.4. The molecule has 0 aromatic carbocycles. The second kappa shape index (κ2) is 4.45. The number of rotatable bonds is 2. The highest BCUT2D eigenvalue weighted by Crippen LogP contribution is 2.33. The average molecular weight is 194 g/mol. The fourth-order valence-electron chi connectivity index (χ4n) is 2.02. The van der Waals surface area contributed by atoms with Gasteiger partial charge in [0, 0.05) is 6.08 Å². The molecule has 78 valence electrons. The van der Waals surface area contributed by atoms with Gasteiger partial charge in [0.2, 0.25) is 0 Å². The molecule has 1 unspecified atom stereocenters. The fraction of sp³-hybridized carbons (Fsp3) is 0.583. The molecule has 2 nitrogen and oxygen atoms in total. The highest BCUT2D eigenvalue weighted by molar-refractivity contribution is 5.81. The van der Waals surface area contributed by atoms with Crippen LogP contribution in [0.15, 0.2) is 23.3 Å². The Morgan fingerprint density at radius 3 is 2.79 bits per heavy atom. The van der Waals surface area contributed by atoms with Gasteiger partial charge in [0.1, 0.15) is 0 Å². The van der Waals surface area contributed by atoms with Crippen molar-refractivity contribution in [1.82, 2.24) is 0 Å². The smallest absolute Gasteiger partial charge is 0.328 e. The van der Waals surface area contributed by atoms with E-state index < -0.39 is 5.97 Å². The summed E-state index contributed by atoms with van der Waals surface area (Å²) in [5, 5.41) is 8.75. The van der Waals surface area contributed by atoms with E-state index in [0.29, 0.717) is 11.8 Å². The van der Waals surface area contributed by atoms with Crippen LogP contribution in [0, 0.1) is 11.8 Å². The van der Waals surface area contributed by atoms with Crippen molar-refractivity contribution in [3.8, 4) is 0 Å². The highest BCUT2D eigenvalue weighted by Gasteiger charge is 2.21. The van der Waals surface area contributed by atoms with Gasteiger partial charge in [0.15, 0.2) is 0 Å². The molecule has 0 amide bonds. The molecular formula is C12H18O2. The van der Waals surface area contributed by atoms with Crippen molar-refractivity contribution in [2.24, 2.45) is 11.8 Å². The molecule has 1 aliphatic carbocycles. The summed E-state index contributed by atoms with van der Waals surface area (Å²) in [7, 11) is 0. The third kappa shape index (κ3) is 2.72. The molecule has 0 fully saturated rings. The summed E-state index contributed by atoms with van der Waals surface area (Å²) in [6.45, 7) is 6.36. The van der Waals surface area contributed by atoms with Crippen molar-refractivity contribution >= 4 is 5.97 Å². The van der Waals surface area contributed by atoms with Gasteiger partial charge in [-0.15, -0.1) is 0 Å². The predicted molar refractivity (Wildman–Crippen MR) is 57.0 cm³/mol. The van der Waals surface area contributed by atoms with Gasteiger partial charge < -0.3 is 5.11 Å². The molecule has 0 aromatic rings. The quantitative estimate of drug-likeness (QED) is 0.686. The molecule has 14 heavy (non-hydrogen) atoms. The molecule has 0 spiro atoms. The van der Waals surface area contributed by atoms with Gasteiger partial charge in [-0.25, -0.2) is 4.79 Å². The lowest BCUT2D eigenvalue weighted by molar-refractivity contribution is -0.131. The van der Waals surface area contributed by atoms with Gasteiger partial charge in [-0.2, -0.15) is 0 Å². The zero-order chi connectivity index (χ0) is 10.7. The van der Waals surface area contributed by atoms with Crippen LogP contribution in [0.4, 0.5) is 0 Å². The summed E-state index contributed by atoms with van der Waals surface area (Å²) in [4.78, 5) is 10.6. The van der Waals surface area contributed by atoms with E-state index in [9.17, 15) is 4.79 Å². The maximum Gasteiger partial charge on any atom is 0.328 e. The van der Waals surface area contributed by atoms with Gasteiger partial charge in [-0.1, -0.05) is 25.5 Å². The lowest BCUT2D eigenvalue weighted by Crippen LogP contribution is -2.15. The fourth-order valence-corrected chi connectivity index (χ4v) is 2.02. The first-order chi connectivity index (χ1) is 6.50. The van der Waals surface area contributed by atoms with Crippen molar-refractivity contribution in [2.75, 3.05) is 0 Å². The van der Waals surface area contributed by atoms with Gasteiger partial charge in [-0.3, -0.25) is 0 Å². The topological polar surface area (TPSA) is 37.3 Å². The summed E-state index contributed by atoms with van der Waals surface area (Å²) in [5.74, 6) is 0.0938. The Hall–Kier alpha value is -1.05. The minimum Gasteiger partial charge on any atom is -0.478 e. The van der Waals surface area contributed by atoms with E-state index in [1.807, 2.05) is 6.08 Å². The number of allylic oxidation sites excluding steroid dienone is 3. The van der Waals surface area contributed by atoms with E-state index in [2.05, 4.69) is 20.8 Å². The van der Waals surface area contributed by atoms with Crippen LogP contribution in [0.2, 0.25) is 0 Å². The lowest BCUT2D eigenvalue weighted by Gasteiger charge is -2.26. The third-order valence-electron chi connectivity index (χ3n) is 2.79. The molecule has 2 heteroatoms. The van der Waals surface area contributed by atoms with E-state index in [-0.39, 0.29) is 0 Å². The summed E-state index contributed by atoms with van der Waals surface area (Å²) in [6, 6.07) is 0. The number of carboxylic acids is 1. The number of hydrogen-bond acceptors (Lipinski definition) is 1. The molecule has 0 radical (unpaired) electrons. The van der Waals surface area contributed by atoms with Crippen LogP contribution in [0.25, 0.3) is 0 Å². The maximum absolute atomic E-state index is 10.6. The van der Waals surface area contributed by atoms with Gasteiger partial charge in [0.05, 0.1) is 0 Å². The molecule has 1 aliphatic rings.